The van der Waals surface area contributed by atoms with Gasteiger partial charge in [-0.1, -0.05) is 6.07 Å². The van der Waals surface area contributed by atoms with Crippen LogP contribution in [0.5, 0.6) is 5.75 Å². The number of hydrogen-bond acceptors (Lipinski definition) is 5. The molecule has 138 valence electrons. The van der Waals surface area contributed by atoms with Gasteiger partial charge in [0.1, 0.15) is 11.8 Å². The fourth-order valence-corrected chi connectivity index (χ4v) is 3.20. The van der Waals surface area contributed by atoms with Crippen molar-refractivity contribution in [2.75, 3.05) is 6.61 Å². The maximum atomic E-state index is 12.7. The Bertz CT molecular complexity index is 774. The summed E-state index contributed by atoms with van der Waals surface area (Å²) in [4.78, 5) is 49.3. The average molecular weight is 359 g/mol. The van der Waals surface area contributed by atoms with Crippen LogP contribution in [0.25, 0.3) is 0 Å². The van der Waals surface area contributed by atoms with Crippen LogP contribution in [0, 0.1) is 0 Å². The van der Waals surface area contributed by atoms with Crippen molar-refractivity contribution in [1.82, 2.24) is 15.5 Å². The number of nitrogens with zero attached hydrogens (tertiary/aromatic N) is 1. The Morgan fingerprint density at radius 3 is 2.81 bits per heavy atom. The highest BCUT2D eigenvalue weighted by atomic mass is 16.5. The van der Waals surface area contributed by atoms with Gasteiger partial charge in [-0.2, -0.15) is 0 Å². The predicted octanol–water partition coefficient (Wildman–Crippen LogP) is 0.351. The third-order valence-electron chi connectivity index (χ3n) is 4.35. The summed E-state index contributed by atoms with van der Waals surface area (Å²) in [6.45, 7) is 3.77. The number of carbonyl (C=O) groups excluding carboxylic acids is 4. The monoisotopic (exact) mass is 359 g/mol. The fourth-order valence-electron chi connectivity index (χ4n) is 3.20. The van der Waals surface area contributed by atoms with E-state index < -0.39 is 11.9 Å². The van der Waals surface area contributed by atoms with Gasteiger partial charge in [0.25, 0.3) is 11.8 Å². The van der Waals surface area contributed by atoms with E-state index in [2.05, 4.69) is 10.6 Å². The zero-order valence-electron chi connectivity index (χ0n) is 14.7. The molecule has 0 aromatic heterocycles. The van der Waals surface area contributed by atoms with Crippen LogP contribution in [0.3, 0.4) is 0 Å². The van der Waals surface area contributed by atoms with Gasteiger partial charge in [-0.05, 0) is 32.4 Å². The number of ether oxygens (including phenoxy) is 1. The second-order valence-electron chi connectivity index (χ2n) is 6.69. The highest BCUT2D eigenvalue weighted by molar-refractivity contribution is 6.05. The Morgan fingerprint density at radius 1 is 1.35 bits per heavy atom. The van der Waals surface area contributed by atoms with Crippen LogP contribution in [0.2, 0.25) is 0 Å². The van der Waals surface area contributed by atoms with Crippen molar-refractivity contribution in [2.45, 2.75) is 45.3 Å². The predicted molar refractivity (Wildman–Crippen MR) is 91.3 cm³/mol. The van der Waals surface area contributed by atoms with Gasteiger partial charge in [-0.25, -0.2) is 0 Å². The molecule has 0 bridgehead atoms. The van der Waals surface area contributed by atoms with Gasteiger partial charge < -0.3 is 15.0 Å². The molecule has 1 unspecified atom stereocenters. The summed E-state index contributed by atoms with van der Waals surface area (Å²) in [6.07, 6.45) is 0.507. The lowest BCUT2D eigenvalue weighted by molar-refractivity contribution is -0.137. The minimum atomic E-state index is -0.676. The first-order valence-corrected chi connectivity index (χ1v) is 8.55. The molecular weight excluding hydrogens is 338 g/mol. The summed E-state index contributed by atoms with van der Waals surface area (Å²) < 4.78 is 5.59. The molecule has 2 aliphatic heterocycles. The van der Waals surface area contributed by atoms with Crippen molar-refractivity contribution in [3.05, 3.63) is 29.3 Å². The number of amides is 4. The molecule has 0 saturated carbocycles. The van der Waals surface area contributed by atoms with Crippen molar-refractivity contribution in [3.8, 4) is 5.75 Å². The van der Waals surface area contributed by atoms with E-state index in [0.717, 1.165) is 0 Å². The number of piperidine rings is 1. The summed E-state index contributed by atoms with van der Waals surface area (Å²) in [6, 6.07) is 4.38. The largest absolute Gasteiger partial charge is 0.483 e. The average Bonchev–Trinajstić information content (AvgIpc) is 2.90. The Kier molecular flexibility index (Phi) is 4.92. The van der Waals surface area contributed by atoms with Crippen molar-refractivity contribution < 1.29 is 23.9 Å². The first-order chi connectivity index (χ1) is 12.4. The van der Waals surface area contributed by atoms with Crippen LogP contribution in [-0.4, -0.2) is 47.2 Å². The van der Waals surface area contributed by atoms with Gasteiger partial charge >= 0.3 is 0 Å². The van der Waals surface area contributed by atoms with Gasteiger partial charge in [-0.3, -0.25) is 24.5 Å². The second kappa shape index (κ2) is 7.15. The highest BCUT2D eigenvalue weighted by Crippen LogP contribution is 2.33. The standard InChI is InChI=1S/C18H21N3O5/c1-10(2)19-16(23)9-26-14-5-3-4-11-12(14)8-21(18(11)25)13-6-7-15(22)20-17(13)24/h3-5,10,13H,6-9H2,1-2H3,(H,19,23)(H,20,22,24). The Morgan fingerprint density at radius 2 is 2.12 bits per heavy atom. The molecule has 3 rings (SSSR count). The molecule has 8 nitrogen and oxygen atoms in total. The van der Waals surface area contributed by atoms with Crippen LogP contribution < -0.4 is 15.4 Å². The van der Waals surface area contributed by atoms with Crippen molar-refractivity contribution in [2.24, 2.45) is 0 Å². The third-order valence-corrected chi connectivity index (χ3v) is 4.35. The molecule has 1 aromatic rings. The summed E-state index contributed by atoms with van der Waals surface area (Å²) in [5.41, 5.74) is 1.11. The number of nitrogens with one attached hydrogen (secondary N) is 2. The van der Waals surface area contributed by atoms with Gasteiger partial charge in [0.05, 0.1) is 6.54 Å². The molecule has 2 N–H and O–H groups in total. The highest BCUT2D eigenvalue weighted by Gasteiger charge is 2.40. The van der Waals surface area contributed by atoms with E-state index in [1.165, 1.54) is 4.90 Å². The van der Waals surface area contributed by atoms with Crippen molar-refractivity contribution in [3.63, 3.8) is 0 Å². The molecule has 1 fully saturated rings. The van der Waals surface area contributed by atoms with E-state index in [-0.39, 0.29) is 43.3 Å². The van der Waals surface area contributed by atoms with Crippen LogP contribution in [0.15, 0.2) is 18.2 Å². The zero-order chi connectivity index (χ0) is 18.8. The molecule has 1 aromatic carbocycles. The van der Waals surface area contributed by atoms with Crippen LogP contribution in [0.4, 0.5) is 0 Å². The second-order valence-corrected chi connectivity index (χ2v) is 6.69. The van der Waals surface area contributed by atoms with E-state index in [9.17, 15) is 19.2 Å². The smallest absolute Gasteiger partial charge is 0.258 e. The topological polar surface area (TPSA) is 105 Å². The summed E-state index contributed by atoms with van der Waals surface area (Å²) in [7, 11) is 0. The molecule has 2 heterocycles. The molecular formula is C18H21N3O5. The molecule has 0 spiro atoms. The summed E-state index contributed by atoms with van der Waals surface area (Å²) in [5.74, 6) is -0.850. The minimum Gasteiger partial charge on any atom is -0.483 e. The Labute approximate surface area is 150 Å². The molecule has 26 heavy (non-hydrogen) atoms. The van der Waals surface area contributed by atoms with Gasteiger partial charge in [0, 0.05) is 23.6 Å². The number of imide groups is 1. The Balaban J connectivity index is 1.74. The van der Waals surface area contributed by atoms with Crippen molar-refractivity contribution >= 4 is 23.6 Å². The molecule has 1 atom stereocenters. The number of benzene rings is 1. The van der Waals surface area contributed by atoms with E-state index in [0.29, 0.717) is 23.3 Å². The van der Waals surface area contributed by atoms with Crippen molar-refractivity contribution in [1.29, 1.82) is 0 Å². The number of hydrogen-bond donors (Lipinski definition) is 2. The van der Waals surface area contributed by atoms with Crippen LogP contribution in [-0.2, 0) is 20.9 Å². The van der Waals surface area contributed by atoms with Gasteiger partial charge in [-0.15, -0.1) is 0 Å². The SMILES string of the molecule is CC(C)NC(=O)COc1cccc2c1CN(C1CCC(=O)NC1=O)C2=O. The van der Waals surface area contributed by atoms with E-state index >= 15 is 0 Å². The maximum Gasteiger partial charge on any atom is 0.258 e. The van der Waals surface area contributed by atoms with E-state index in [1.807, 2.05) is 13.8 Å². The minimum absolute atomic E-state index is 0.0113. The van der Waals surface area contributed by atoms with Gasteiger partial charge in [0.2, 0.25) is 11.8 Å². The molecule has 4 amide bonds. The summed E-state index contributed by atoms with van der Waals surface area (Å²) in [5, 5.41) is 5.00. The lowest BCUT2D eigenvalue weighted by atomic mass is 10.0. The Hall–Kier alpha value is -2.90. The molecule has 1 saturated heterocycles. The lowest BCUT2D eigenvalue weighted by Crippen LogP contribution is -2.52. The molecule has 2 aliphatic rings. The quantitative estimate of drug-likeness (QED) is 0.738. The maximum absolute atomic E-state index is 12.7. The van der Waals surface area contributed by atoms with Crippen LogP contribution in [0.1, 0.15) is 42.6 Å². The fraction of sp³-hybridized carbons (Fsp3) is 0.444. The summed E-state index contributed by atoms with van der Waals surface area (Å²) >= 11 is 0. The third kappa shape index (κ3) is 3.54. The van der Waals surface area contributed by atoms with E-state index in [4.69, 9.17) is 4.74 Å². The molecule has 8 heteroatoms. The first-order valence-electron chi connectivity index (χ1n) is 8.55. The first kappa shape index (κ1) is 17.9. The lowest BCUT2D eigenvalue weighted by Gasteiger charge is -2.29. The molecule has 0 radical (unpaired) electrons. The number of fused-ring (bicyclic) bond motifs is 1. The van der Waals surface area contributed by atoms with Gasteiger partial charge in [0.15, 0.2) is 6.61 Å². The van der Waals surface area contributed by atoms with E-state index in [1.54, 1.807) is 18.2 Å². The molecule has 0 aliphatic carbocycles. The van der Waals surface area contributed by atoms with Crippen LogP contribution >= 0.6 is 0 Å². The zero-order valence-corrected chi connectivity index (χ0v) is 14.7. The number of rotatable bonds is 5. The normalized spacial score (nSPS) is 19.4. The number of carbonyl (C=O) groups is 4.